The lowest BCUT2D eigenvalue weighted by Gasteiger charge is -2.10. The van der Waals surface area contributed by atoms with E-state index in [-0.39, 0.29) is 5.56 Å². The number of aliphatic hydroxyl groups is 1. The van der Waals surface area contributed by atoms with Gasteiger partial charge in [0.15, 0.2) is 0 Å². The van der Waals surface area contributed by atoms with Crippen LogP contribution in [-0.4, -0.2) is 5.11 Å². The Morgan fingerprint density at radius 1 is 1.33 bits per heavy atom. The first-order chi connectivity index (χ1) is 7.18. The molecule has 0 aliphatic rings. The molecule has 0 spiro atoms. The first kappa shape index (κ1) is 10.6. The van der Waals surface area contributed by atoms with E-state index in [1.165, 1.54) is 29.5 Å². The van der Waals surface area contributed by atoms with Gasteiger partial charge in [-0.2, -0.15) is 11.3 Å². The van der Waals surface area contributed by atoms with E-state index in [1.54, 1.807) is 11.4 Å². The Morgan fingerprint density at radius 2 is 2.13 bits per heavy atom. The summed E-state index contributed by atoms with van der Waals surface area (Å²) in [5, 5.41) is 13.9. The van der Waals surface area contributed by atoms with Crippen LogP contribution in [0.4, 0.5) is 4.39 Å². The zero-order valence-electron chi connectivity index (χ0n) is 7.65. The van der Waals surface area contributed by atoms with E-state index in [2.05, 4.69) is 0 Å². The third kappa shape index (κ3) is 2.20. The molecule has 0 aliphatic carbocycles. The van der Waals surface area contributed by atoms with Crippen molar-refractivity contribution in [1.82, 2.24) is 0 Å². The summed E-state index contributed by atoms with van der Waals surface area (Å²) in [6.45, 7) is 0. The highest BCUT2D eigenvalue weighted by Gasteiger charge is 2.15. The third-order valence-corrected chi connectivity index (χ3v) is 3.05. The number of rotatable bonds is 2. The molecular weight excluding hydrogens is 235 g/mol. The first-order valence-corrected chi connectivity index (χ1v) is 5.65. The fourth-order valence-electron chi connectivity index (χ4n) is 1.33. The second-order valence-corrected chi connectivity index (χ2v) is 4.34. The van der Waals surface area contributed by atoms with Crippen molar-refractivity contribution in [2.45, 2.75) is 6.10 Å². The molecular formula is C11H8ClFOS. The van der Waals surface area contributed by atoms with Crippen LogP contribution in [0.25, 0.3) is 0 Å². The summed E-state index contributed by atoms with van der Waals surface area (Å²) in [4.78, 5) is 0. The van der Waals surface area contributed by atoms with Crippen LogP contribution in [0.5, 0.6) is 0 Å². The molecule has 1 aromatic heterocycles. The zero-order chi connectivity index (χ0) is 10.8. The van der Waals surface area contributed by atoms with Gasteiger partial charge in [0.2, 0.25) is 0 Å². The molecule has 15 heavy (non-hydrogen) atoms. The van der Waals surface area contributed by atoms with Crippen molar-refractivity contribution in [2.75, 3.05) is 0 Å². The number of aliphatic hydroxyl groups excluding tert-OH is 1. The van der Waals surface area contributed by atoms with Gasteiger partial charge in [-0.1, -0.05) is 11.6 Å². The van der Waals surface area contributed by atoms with Crippen LogP contribution >= 0.6 is 22.9 Å². The maximum absolute atomic E-state index is 13.4. The second-order valence-electron chi connectivity index (χ2n) is 3.13. The number of benzene rings is 1. The molecule has 0 fully saturated rings. The minimum atomic E-state index is -0.949. The van der Waals surface area contributed by atoms with Crippen LogP contribution in [0.2, 0.25) is 5.02 Å². The number of thiophene rings is 1. The molecule has 0 radical (unpaired) electrons. The Labute approximate surface area is 95.8 Å². The molecule has 1 unspecified atom stereocenters. The molecule has 0 saturated carbocycles. The van der Waals surface area contributed by atoms with E-state index in [9.17, 15) is 9.50 Å². The van der Waals surface area contributed by atoms with E-state index < -0.39 is 11.9 Å². The molecule has 1 atom stereocenters. The highest BCUT2D eigenvalue weighted by molar-refractivity contribution is 7.07. The SMILES string of the molecule is OC(c1ccsc1)c1cc(Cl)ccc1F. The van der Waals surface area contributed by atoms with E-state index in [0.29, 0.717) is 10.6 Å². The predicted molar refractivity (Wildman–Crippen MR) is 59.8 cm³/mol. The molecule has 0 amide bonds. The van der Waals surface area contributed by atoms with Crippen LogP contribution in [0.3, 0.4) is 0 Å². The van der Waals surface area contributed by atoms with Crippen molar-refractivity contribution in [2.24, 2.45) is 0 Å². The Kier molecular flexibility index (Phi) is 3.05. The first-order valence-electron chi connectivity index (χ1n) is 4.33. The van der Waals surface area contributed by atoms with E-state index in [0.717, 1.165) is 0 Å². The number of halogens is 2. The van der Waals surface area contributed by atoms with E-state index >= 15 is 0 Å². The van der Waals surface area contributed by atoms with E-state index in [4.69, 9.17) is 11.6 Å². The van der Waals surface area contributed by atoms with Crippen LogP contribution < -0.4 is 0 Å². The van der Waals surface area contributed by atoms with Crippen molar-refractivity contribution in [1.29, 1.82) is 0 Å². The van der Waals surface area contributed by atoms with Crippen LogP contribution in [-0.2, 0) is 0 Å². The highest BCUT2D eigenvalue weighted by Crippen LogP contribution is 2.27. The van der Waals surface area contributed by atoms with Crippen molar-refractivity contribution in [3.05, 3.63) is 57.0 Å². The lowest BCUT2D eigenvalue weighted by molar-refractivity contribution is 0.215. The number of hydrogen-bond acceptors (Lipinski definition) is 2. The summed E-state index contributed by atoms with van der Waals surface area (Å²) in [5.74, 6) is -0.446. The van der Waals surface area contributed by atoms with Gasteiger partial charge in [-0.25, -0.2) is 4.39 Å². The van der Waals surface area contributed by atoms with Crippen LogP contribution in [0.1, 0.15) is 17.2 Å². The lowest BCUT2D eigenvalue weighted by Crippen LogP contribution is -2.01. The van der Waals surface area contributed by atoms with Gasteiger partial charge >= 0.3 is 0 Å². The number of hydrogen-bond donors (Lipinski definition) is 1. The molecule has 0 aliphatic heterocycles. The Hall–Kier alpha value is -0.900. The van der Waals surface area contributed by atoms with Gasteiger partial charge in [0, 0.05) is 10.6 Å². The Balaban J connectivity index is 2.41. The fourth-order valence-corrected chi connectivity index (χ4v) is 2.19. The lowest BCUT2D eigenvalue weighted by atomic mass is 10.0. The quantitative estimate of drug-likeness (QED) is 0.853. The molecule has 1 heterocycles. The monoisotopic (exact) mass is 242 g/mol. The summed E-state index contributed by atoms with van der Waals surface area (Å²) in [7, 11) is 0. The maximum atomic E-state index is 13.4. The minimum Gasteiger partial charge on any atom is -0.384 e. The Morgan fingerprint density at radius 3 is 2.80 bits per heavy atom. The predicted octanol–water partition coefficient (Wildman–Crippen LogP) is 3.62. The minimum absolute atomic E-state index is 0.209. The molecule has 78 valence electrons. The largest absolute Gasteiger partial charge is 0.384 e. The van der Waals surface area contributed by atoms with Gasteiger partial charge in [0.05, 0.1) is 0 Å². The smallest absolute Gasteiger partial charge is 0.129 e. The van der Waals surface area contributed by atoms with E-state index in [1.807, 2.05) is 5.38 Å². The fraction of sp³-hybridized carbons (Fsp3) is 0.0909. The molecule has 0 bridgehead atoms. The standard InChI is InChI=1S/C11H8ClFOS/c12-8-1-2-10(13)9(5-8)11(14)7-3-4-15-6-7/h1-6,11,14H. The molecule has 2 aromatic rings. The van der Waals surface area contributed by atoms with Crippen LogP contribution in [0, 0.1) is 5.82 Å². The van der Waals surface area contributed by atoms with Gasteiger partial charge < -0.3 is 5.11 Å². The summed E-state index contributed by atoms with van der Waals surface area (Å²) >= 11 is 7.20. The average Bonchev–Trinajstić information content (AvgIpc) is 2.74. The molecule has 1 aromatic carbocycles. The molecule has 2 rings (SSSR count). The summed E-state index contributed by atoms with van der Waals surface area (Å²) in [5.41, 5.74) is 0.891. The molecule has 4 heteroatoms. The van der Waals surface area contributed by atoms with Crippen LogP contribution in [0.15, 0.2) is 35.0 Å². The maximum Gasteiger partial charge on any atom is 0.129 e. The van der Waals surface area contributed by atoms with Gasteiger partial charge in [-0.05, 0) is 40.6 Å². The van der Waals surface area contributed by atoms with Crippen molar-refractivity contribution >= 4 is 22.9 Å². The van der Waals surface area contributed by atoms with Gasteiger partial charge in [-0.15, -0.1) is 0 Å². The summed E-state index contributed by atoms with van der Waals surface area (Å²) in [6, 6.07) is 5.92. The third-order valence-electron chi connectivity index (χ3n) is 2.11. The molecule has 1 N–H and O–H groups in total. The topological polar surface area (TPSA) is 20.2 Å². The average molecular weight is 243 g/mol. The zero-order valence-corrected chi connectivity index (χ0v) is 9.23. The normalized spacial score (nSPS) is 12.7. The summed E-state index contributed by atoms with van der Waals surface area (Å²) in [6.07, 6.45) is -0.949. The van der Waals surface area contributed by atoms with Crippen molar-refractivity contribution in [3.63, 3.8) is 0 Å². The van der Waals surface area contributed by atoms with Crippen molar-refractivity contribution < 1.29 is 9.50 Å². The second kappa shape index (κ2) is 4.31. The molecule has 1 nitrogen and oxygen atoms in total. The van der Waals surface area contributed by atoms with Gasteiger partial charge in [0.1, 0.15) is 11.9 Å². The molecule has 0 saturated heterocycles. The summed E-state index contributed by atoms with van der Waals surface area (Å²) < 4.78 is 13.4. The van der Waals surface area contributed by atoms with Gasteiger partial charge in [-0.3, -0.25) is 0 Å². The van der Waals surface area contributed by atoms with Crippen molar-refractivity contribution in [3.8, 4) is 0 Å². The van der Waals surface area contributed by atoms with Gasteiger partial charge in [0.25, 0.3) is 0 Å². The Bertz CT molecular complexity index is 456. The highest BCUT2D eigenvalue weighted by atomic mass is 35.5.